The predicted molar refractivity (Wildman–Crippen MR) is 140 cm³/mol. The molecule has 36 heavy (non-hydrogen) atoms. The van der Waals surface area contributed by atoms with Crippen LogP contribution in [0.15, 0.2) is 35.3 Å². The van der Waals surface area contributed by atoms with Gasteiger partial charge in [0.1, 0.15) is 17.9 Å². The van der Waals surface area contributed by atoms with Gasteiger partial charge in [0, 0.05) is 53.0 Å². The van der Waals surface area contributed by atoms with Gasteiger partial charge < -0.3 is 36.7 Å². The molecule has 1 aromatic rings. The van der Waals surface area contributed by atoms with Gasteiger partial charge in [-0.05, 0) is 32.4 Å². The van der Waals surface area contributed by atoms with Crippen LogP contribution in [0.1, 0.15) is 38.2 Å². The number of hydrogen-bond donors (Lipinski definition) is 5. The lowest BCUT2D eigenvalue weighted by Gasteiger charge is -2.23. The number of carbonyl (C=O) groups is 4. The highest BCUT2D eigenvalue weighted by molar-refractivity contribution is 5.92. The largest absolute Gasteiger partial charge is 0.370 e. The van der Waals surface area contributed by atoms with Crippen molar-refractivity contribution in [3.63, 3.8) is 0 Å². The molecular weight excluding hydrogens is 462 g/mol. The molecule has 0 aromatic heterocycles. The summed E-state index contributed by atoms with van der Waals surface area (Å²) in [4.78, 5) is 55.7. The maximum Gasteiger partial charge on any atom is 0.243 e. The molecule has 0 fully saturated rings. The van der Waals surface area contributed by atoms with Crippen molar-refractivity contribution in [1.82, 2.24) is 26.2 Å². The Kier molecular flexibility index (Phi) is 14.5. The number of Topliss-reactive ketones (excluding diaryl/α,β-unsaturated/α-hetero) is 1. The first-order chi connectivity index (χ1) is 17.1. The summed E-state index contributed by atoms with van der Waals surface area (Å²) in [6.07, 6.45) is 1.16. The molecule has 0 aliphatic carbocycles. The van der Waals surface area contributed by atoms with Crippen molar-refractivity contribution in [3.05, 3.63) is 35.9 Å². The molecule has 0 spiro atoms. The van der Waals surface area contributed by atoms with Crippen LogP contribution in [-0.2, 0) is 25.6 Å². The Bertz CT molecular complexity index is 874. The number of likely N-dealkylation sites (N-methyl/N-ethyl adjacent to an activating group) is 1. The lowest BCUT2D eigenvalue weighted by Crippen LogP contribution is -2.55. The molecule has 0 aliphatic heterocycles. The van der Waals surface area contributed by atoms with Crippen LogP contribution >= 0.6 is 0 Å². The molecule has 2 atom stereocenters. The molecule has 0 bridgehead atoms. The molecule has 11 nitrogen and oxygen atoms in total. The van der Waals surface area contributed by atoms with Crippen molar-refractivity contribution in [2.45, 2.75) is 51.1 Å². The molecule has 1 rings (SSSR count). The van der Waals surface area contributed by atoms with E-state index < -0.39 is 23.9 Å². The molecule has 0 heterocycles. The first kappa shape index (κ1) is 30.6. The highest BCUT2D eigenvalue weighted by Gasteiger charge is 2.26. The average molecular weight is 504 g/mol. The van der Waals surface area contributed by atoms with E-state index in [1.165, 1.54) is 6.92 Å². The smallest absolute Gasteiger partial charge is 0.243 e. The minimum atomic E-state index is -0.886. The molecule has 11 heteroatoms. The van der Waals surface area contributed by atoms with E-state index in [1.54, 1.807) is 26.0 Å². The van der Waals surface area contributed by atoms with Gasteiger partial charge in [0.05, 0.1) is 0 Å². The number of benzene rings is 1. The Balaban J connectivity index is 2.95. The summed E-state index contributed by atoms with van der Waals surface area (Å²) in [5, 5.41) is 11.3. The third-order valence-corrected chi connectivity index (χ3v) is 5.33. The van der Waals surface area contributed by atoms with Crippen molar-refractivity contribution in [1.29, 1.82) is 0 Å². The number of ketones is 1. The molecule has 0 saturated carbocycles. The number of nitrogens with two attached hydrogens (primary N) is 1. The Labute approximate surface area is 213 Å². The second kappa shape index (κ2) is 17.0. The van der Waals surface area contributed by atoms with Gasteiger partial charge in [-0.1, -0.05) is 30.3 Å². The molecule has 200 valence electrons. The van der Waals surface area contributed by atoms with E-state index in [-0.39, 0.29) is 24.5 Å². The number of guanidine groups is 1. The summed E-state index contributed by atoms with van der Waals surface area (Å²) in [6, 6.07) is 7.67. The zero-order valence-electron chi connectivity index (χ0n) is 21.8. The van der Waals surface area contributed by atoms with E-state index >= 15 is 0 Å². The number of carbonyl (C=O) groups excluding carboxylic acids is 4. The summed E-state index contributed by atoms with van der Waals surface area (Å²) in [6.45, 7) is 2.77. The second-order valence-electron chi connectivity index (χ2n) is 8.74. The van der Waals surface area contributed by atoms with Gasteiger partial charge >= 0.3 is 0 Å². The van der Waals surface area contributed by atoms with E-state index in [2.05, 4.69) is 26.3 Å². The molecule has 6 N–H and O–H groups in total. The lowest BCUT2D eigenvalue weighted by molar-refractivity contribution is -0.132. The van der Waals surface area contributed by atoms with E-state index in [4.69, 9.17) is 5.73 Å². The van der Waals surface area contributed by atoms with Crippen LogP contribution in [0.4, 0.5) is 0 Å². The second-order valence-corrected chi connectivity index (χ2v) is 8.74. The molecular formula is C25H41N7O4. The Morgan fingerprint density at radius 2 is 1.67 bits per heavy atom. The summed E-state index contributed by atoms with van der Waals surface area (Å²) in [7, 11) is 5.34. The summed E-state index contributed by atoms with van der Waals surface area (Å²) >= 11 is 0. The van der Waals surface area contributed by atoms with Gasteiger partial charge in [-0.2, -0.15) is 0 Å². The van der Waals surface area contributed by atoms with Crippen molar-refractivity contribution < 1.29 is 19.2 Å². The standard InChI is InChI=1S/C25H41N7O4/c1-18(33)12-13-22(34)30-20(11-8-14-29-25(26)32(3)4)24(36)31-21(23(35)28-16-15-27-2)17-19-9-6-5-7-10-19/h5-7,9-10,20-21,27H,8,11-17H2,1-4H3,(H2,26,29)(H,28,35)(H,30,34)(H,31,36). The van der Waals surface area contributed by atoms with E-state index in [0.29, 0.717) is 44.9 Å². The maximum absolute atomic E-state index is 13.2. The van der Waals surface area contributed by atoms with Crippen molar-refractivity contribution in [2.75, 3.05) is 40.8 Å². The molecule has 0 radical (unpaired) electrons. The number of rotatable bonds is 16. The van der Waals surface area contributed by atoms with Crippen LogP contribution in [0.25, 0.3) is 0 Å². The number of hydrogen-bond acceptors (Lipinski definition) is 6. The van der Waals surface area contributed by atoms with Gasteiger partial charge in [-0.25, -0.2) is 0 Å². The number of nitrogens with zero attached hydrogens (tertiary/aromatic N) is 2. The van der Waals surface area contributed by atoms with Crippen LogP contribution in [-0.4, -0.2) is 87.2 Å². The van der Waals surface area contributed by atoms with E-state index in [1.807, 2.05) is 30.3 Å². The molecule has 0 saturated heterocycles. The third kappa shape index (κ3) is 12.8. The van der Waals surface area contributed by atoms with Crippen molar-refractivity contribution in [2.24, 2.45) is 10.7 Å². The van der Waals surface area contributed by atoms with Gasteiger partial charge in [0.25, 0.3) is 0 Å². The highest BCUT2D eigenvalue weighted by Crippen LogP contribution is 2.06. The normalized spacial score (nSPS) is 12.8. The first-order valence-electron chi connectivity index (χ1n) is 12.2. The van der Waals surface area contributed by atoms with E-state index in [0.717, 1.165) is 5.56 Å². The average Bonchev–Trinajstić information content (AvgIpc) is 2.84. The molecule has 2 unspecified atom stereocenters. The lowest BCUT2D eigenvalue weighted by atomic mass is 10.0. The SMILES string of the molecule is CNCCNC(=O)C(Cc1ccccc1)NC(=O)C(CCCN=C(N)N(C)C)NC(=O)CCC(C)=O. The zero-order valence-corrected chi connectivity index (χ0v) is 21.8. The molecule has 1 aromatic carbocycles. The quantitative estimate of drug-likeness (QED) is 0.116. The van der Waals surface area contributed by atoms with Crippen LogP contribution in [0.3, 0.4) is 0 Å². The zero-order chi connectivity index (χ0) is 26.9. The minimum absolute atomic E-state index is 0.0111. The Morgan fingerprint density at radius 3 is 2.28 bits per heavy atom. The van der Waals surface area contributed by atoms with Gasteiger partial charge in [-0.15, -0.1) is 0 Å². The summed E-state index contributed by atoms with van der Waals surface area (Å²) in [5.74, 6) is -0.934. The van der Waals surface area contributed by atoms with Gasteiger partial charge in [-0.3, -0.25) is 19.4 Å². The van der Waals surface area contributed by atoms with E-state index in [9.17, 15) is 19.2 Å². The van der Waals surface area contributed by atoms with Crippen molar-refractivity contribution in [3.8, 4) is 0 Å². The first-order valence-corrected chi connectivity index (χ1v) is 12.2. The molecule has 3 amide bonds. The minimum Gasteiger partial charge on any atom is -0.370 e. The number of amides is 3. The van der Waals surface area contributed by atoms with Gasteiger partial charge in [0.2, 0.25) is 17.7 Å². The summed E-state index contributed by atoms with van der Waals surface area (Å²) in [5.41, 5.74) is 6.70. The van der Waals surface area contributed by atoms with Gasteiger partial charge in [0.15, 0.2) is 5.96 Å². The fourth-order valence-corrected chi connectivity index (χ4v) is 3.22. The summed E-state index contributed by atoms with van der Waals surface area (Å²) < 4.78 is 0. The predicted octanol–water partition coefficient (Wildman–Crippen LogP) is -0.440. The molecule has 0 aliphatic rings. The fourth-order valence-electron chi connectivity index (χ4n) is 3.22. The topological polar surface area (TPSA) is 158 Å². The van der Waals surface area contributed by atoms with Crippen LogP contribution in [0, 0.1) is 0 Å². The van der Waals surface area contributed by atoms with Crippen molar-refractivity contribution >= 4 is 29.5 Å². The Morgan fingerprint density at radius 1 is 0.972 bits per heavy atom. The monoisotopic (exact) mass is 503 g/mol. The Hall–Kier alpha value is -3.47. The number of aliphatic imine (C=N–C) groups is 1. The number of nitrogens with one attached hydrogen (secondary N) is 4. The maximum atomic E-state index is 13.2. The van der Waals surface area contributed by atoms with Crippen LogP contribution in [0.2, 0.25) is 0 Å². The van der Waals surface area contributed by atoms with Crippen LogP contribution in [0.5, 0.6) is 0 Å². The van der Waals surface area contributed by atoms with Crippen LogP contribution < -0.4 is 27.0 Å². The third-order valence-electron chi connectivity index (χ3n) is 5.33. The fraction of sp³-hybridized carbons (Fsp3) is 0.560. The highest BCUT2D eigenvalue weighted by atomic mass is 16.2.